The van der Waals surface area contributed by atoms with Gasteiger partial charge in [-0.05, 0) is 35.7 Å². The van der Waals surface area contributed by atoms with E-state index in [2.05, 4.69) is 20.3 Å². The Morgan fingerprint density at radius 3 is 2.09 bits per heavy atom. The number of aromatic nitrogens is 3. The number of fused-ring (bicyclic) bond motifs is 1. The second-order valence-electron chi connectivity index (χ2n) is 7.21. The SMILES string of the molecule is CN(c1ccccc1)c1nc(F)nc(Nc2cc(S(=O)(=O)O)cc3cc(S(=O)(=O)O)cc(O)c23)n1. The van der Waals surface area contributed by atoms with Crippen LogP contribution >= 0.6 is 0 Å². The molecule has 0 saturated carbocycles. The summed E-state index contributed by atoms with van der Waals surface area (Å²) in [7, 11) is -8.00. The number of rotatable bonds is 6. The molecule has 12 nitrogen and oxygen atoms in total. The lowest BCUT2D eigenvalue weighted by atomic mass is 10.1. The van der Waals surface area contributed by atoms with Gasteiger partial charge in [0.25, 0.3) is 20.2 Å². The highest BCUT2D eigenvalue weighted by atomic mass is 32.2. The van der Waals surface area contributed by atoms with Crippen LogP contribution in [0.25, 0.3) is 10.8 Å². The highest BCUT2D eigenvalue weighted by Crippen LogP contribution is 2.37. The summed E-state index contributed by atoms with van der Waals surface area (Å²) in [5.74, 6) is -1.17. The van der Waals surface area contributed by atoms with Gasteiger partial charge >= 0.3 is 6.08 Å². The Kier molecular flexibility index (Phi) is 6.02. The number of anilines is 4. The van der Waals surface area contributed by atoms with Crippen LogP contribution in [-0.4, -0.2) is 53.0 Å². The Hall–Kier alpha value is -3.92. The third kappa shape index (κ3) is 5.12. The third-order valence-electron chi connectivity index (χ3n) is 4.86. The smallest absolute Gasteiger partial charge is 0.315 e. The van der Waals surface area contributed by atoms with Gasteiger partial charge in [0.1, 0.15) is 5.75 Å². The molecule has 0 spiro atoms. The molecule has 0 fully saturated rings. The average Bonchev–Trinajstić information content (AvgIpc) is 2.77. The molecular weight excluding hydrogens is 505 g/mol. The van der Waals surface area contributed by atoms with Crippen LogP contribution in [0.5, 0.6) is 5.75 Å². The largest absolute Gasteiger partial charge is 0.507 e. The van der Waals surface area contributed by atoms with Gasteiger partial charge in [-0.15, -0.1) is 0 Å². The average molecular weight is 522 g/mol. The monoisotopic (exact) mass is 521 g/mol. The van der Waals surface area contributed by atoms with Crippen molar-refractivity contribution in [2.24, 2.45) is 0 Å². The van der Waals surface area contributed by atoms with Crippen molar-refractivity contribution in [1.29, 1.82) is 0 Å². The number of aromatic hydroxyl groups is 1. The van der Waals surface area contributed by atoms with Crippen LogP contribution in [-0.2, 0) is 20.2 Å². The normalized spacial score (nSPS) is 12.0. The van der Waals surface area contributed by atoms with E-state index in [1.54, 1.807) is 37.4 Å². The standard InChI is InChI=1S/C20H16FN5O7S2/c1-26(12-5-3-2-4-6-12)20-24-18(21)23-19(25-20)22-15-9-13(34(28,29)30)7-11-8-14(35(31,32)33)10-16(27)17(11)15/h2-10,27H,1H3,(H,28,29,30)(H,31,32,33)(H,22,23,24,25). The van der Waals surface area contributed by atoms with Gasteiger partial charge < -0.3 is 15.3 Å². The highest BCUT2D eigenvalue weighted by molar-refractivity contribution is 7.86. The quantitative estimate of drug-likeness (QED) is 0.273. The first-order valence-corrected chi connectivity index (χ1v) is 12.4. The van der Waals surface area contributed by atoms with Crippen LogP contribution in [0, 0.1) is 6.08 Å². The van der Waals surface area contributed by atoms with Crippen LogP contribution in [0.3, 0.4) is 0 Å². The molecule has 4 N–H and O–H groups in total. The Morgan fingerprint density at radius 1 is 0.886 bits per heavy atom. The number of nitrogens with zero attached hydrogens (tertiary/aromatic N) is 4. The summed E-state index contributed by atoms with van der Waals surface area (Å²) in [5, 5.41) is 12.7. The van der Waals surface area contributed by atoms with Crippen LogP contribution in [0.15, 0.2) is 64.4 Å². The number of hydrogen-bond acceptors (Lipinski definition) is 10. The van der Waals surface area contributed by atoms with Gasteiger partial charge in [0.15, 0.2) is 0 Å². The molecule has 4 aromatic rings. The van der Waals surface area contributed by atoms with Crippen molar-refractivity contribution in [2.45, 2.75) is 9.79 Å². The Bertz CT molecular complexity index is 1660. The Morgan fingerprint density at radius 2 is 1.49 bits per heavy atom. The number of halogens is 1. The number of para-hydroxylation sites is 1. The van der Waals surface area contributed by atoms with Gasteiger partial charge in [-0.3, -0.25) is 9.11 Å². The van der Waals surface area contributed by atoms with Crippen molar-refractivity contribution in [3.8, 4) is 5.75 Å². The van der Waals surface area contributed by atoms with E-state index in [9.17, 15) is 35.4 Å². The first-order valence-electron chi connectivity index (χ1n) is 9.56. The van der Waals surface area contributed by atoms with Crippen LogP contribution < -0.4 is 10.2 Å². The molecule has 0 radical (unpaired) electrons. The molecule has 0 saturated heterocycles. The fourth-order valence-corrected chi connectivity index (χ4v) is 4.35. The molecule has 0 unspecified atom stereocenters. The van der Waals surface area contributed by atoms with E-state index in [1.807, 2.05) is 0 Å². The zero-order valence-electron chi connectivity index (χ0n) is 17.7. The predicted molar refractivity (Wildman–Crippen MR) is 123 cm³/mol. The second-order valence-corrected chi connectivity index (χ2v) is 10.1. The molecule has 35 heavy (non-hydrogen) atoms. The molecule has 0 aliphatic carbocycles. The summed E-state index contributed by atoms with van der Waals surface area (Å²) in [6.07, 6.45) is -1.17. The van der Waals surface area contributed by atoms with Crippen molar-refractivity contribution in [3.05, 3.63) is 60.7 Å². The number of phenols is 1. The Balaban J connectivity index is 1.88. The van der Waals surface area contributed by atoms with Crippen molar-refractivity contribution in [1.82, 2.24) is 15.0 Å². The lowest BCUT2D eigenvalue weighted by Gasteiger charge is -2.18. The van der Waals surface area contributed by atoms with E-state index in [-0.39, 0.29) is 28.4 Å². The molecule has 15 heteroatoms. The minimum Gasteiger partial charge on any atom is -0.507 e. The van der Waals surface area contributed by atoms with E-state index >= 15 is 0 Å². The van der Waals surface area contributed by atoms with Crippen molar-refractivity contribution < 1.29 is 35.4 Å². The molecule has 0 bridgehead atoms. The minimum atomic E-state index is -4.81. The number of nitrogens with one attached hydrogen (secondary N) is 1. The number of benzene rings is 3. The molecule has 0 aliphatic rings. The van der Waals surface area contributed by atoms with Gasteiger partial charge in [0, 0.05) is 24.2 Å². The zero-order valence-corrected chi connectivity index (χ0v) is 19.3. The topological polar surface area (TPSA) is 183 Å². The lowest BCUT2D eigenvalue weighted by Crippen LogP contribution is -2.15. The van der Waals surface area contributed by atoms with Crippen LogP contribution in [0.1, 0.15) is 0 Å². The van der Waals surface area contributed by atoms with Crippen molar-refractivity contribution in [2.75, 3.05) is 17.3 Å². The molecule has 0 atom stereocenters. The second kappa shape index (κ2) is 8.70. The van der Waals surface area contributed by atoms with Crippen LogP contribution in [0.2, 0.25) is 0 Å². The van der Waals surface area contributed by atoms with E-state index in [0.717, 1.165) is 24.3 Å². The first kappa shape index (κ1) is 24.2. The summed E-state index contributed by atoms with van der Waals surface area (Å²) < 4.78 is 79.7. The van der Waals surface area contributed by atoms with Crippen molar-refractivity contribution in [3.63, 3.8) is 0 Å². The molecule has 1 heterocycles. The summed E-state index contributed by atoms with van der Waals surface area (Å²) in [6, 6.07) is 12.1. The first-order chi connectivity index (χ1) is 16.3. The van der Waals surface area contributed by atoms with Gasteiger partial charge in [0.05, 0.1) is 15.5 Å². The summed E-state index contributed by atoms with van der Waals surface area (Å²) in [6.45, 7) is 0. The third-order valence-corrected chi connectivity index (χ3v) is 6.52. The maximum atomic E-state index is 14.2. The molecule has 0 amide bonds. The molecule has 182 valence electrons. The summed E-state index contributed by atoms with van der Waals surface area (Å²) in [5.41, 5.74) is 0.409. The predicted octanol–water partition coefficient (Wildman–Crippen LogP) is 2.87. The minimum absolute atomic E-state index is 0.112. The van der Waals surface area contributed by atoms with E-state index in [4.69, 9.17) is 0 Å². The maximum Gasteiger partial charge on any atom is 0.315 e. The highest BCUT2D eigenvalue weighted by Gasteiger charge is 2.21. The van der Waals surface area contributed by atoms with Crippen LogP contribution in [0.4, 0.5) is 27.7 Å². The number of hydrogen-bond donors (Lipinski definition) is 4. The molecular formula is C20H16FN5O7S2. The molecule has 3 aromatic carbocycles. The number of phenolic OH excluding ortho intramolecular Hbond substituents is 1. The zero-order chi connectivity index (χ0) is 25.5. The van der Waals surface area contributed by atoms with Gasteiger partial charge in [0.2, 0.25) is 11.9 Å². The lowest BCUT2D eigenvalue weighted by molar-refractivity contribution is 0.471. The van der Waals surface area contributed by atoms with Gasteiger partial charge in [-0.25, -0.2) is 0 Å². The van der Waals surface area contributed by atoms with E-state index in [0.29, 0.717) is 5.69 Å². The summed E-state index contributed by atoms with van der Waals surface area (Å²) >= 11 is 0. The van der Waals surface area contributed by atoms with Crippen molar-refractivity contribution >= 4 is 54.3 Å². The van der Waals surface area contributed by atoms with E-state index < -0.39 is 41.9 Å². The molecule has 0 aliphatic heterocycles. The Labute approximate surface area is 198 Å². The van der Waals surface area contributed by atoms with Gasteiger partial charge in [-0.1, -0.05) is 18.2 Å². The fourth-order valence-electron chi connectivity index (χ4n) is 3.27. The fraction of sp³-hybridized carbons (Fsp3) is 0.0500. The van der Waals surface area contributed by atoms with E-state index in [1.165, 1.54) is 4.90 Å². The summed E-state index contributed by atoms with van der Waals surface area (Å²) in [4.78, 5) is 11.3. The maximum absolute atomic E-state index is 14.2. The van der Waals surface area contributed by atoms with Gasteiger partial charge in [-0.2, -0.15) is 36.2 Å². The molecule has 1 aromatic heterocycles. The molecule has 4 rings (SSSR count).